The molecule has 1 unspecified atom stereocenters. The Morgan fingerprint density at radius 3 is 2.43 bits per heavy atom. The van der Waals surface area contributed by atoms with Crippen LogP contribution in [-0.4, -0.2) is 19.2 Å². The maximum Gasteiger partial charge on any atom is 0.387 e. The van der Waals surface area contributed by atoms with Crippen LogP contribution in [0.25, 0.3) is 0 Å². The number of aromatic nitrogens is 1. The maximum atomic E-state index is 12.8. The Hall–Kier alpha value is -2.12. The van der Waals surface area contributed by atoms with Gasteiger partial charge in [-0.1, -0.05) is 29.3 Å². The van der Waals surface area contributed by atoms with Crippen LogP contribution in [0.3, 0.4) is 0 Å². The first-order valence-electron chi connectivity index (χ1n) is 9.45. The molecule has 1 aromatic heterocycles. The molecule has 1 fully saturated rings. The van der Waals surface area contributed by atoms with Crippen LogP contribution in [0.1, 0.15) is 37.0 Å². The molecule has 9 heteroatoms. The van der Waals surface area contributed by atoms with Crippen LogP contribution in [-0.2, 0) is 23.0 Å². The second kappa shape index (κ2) is 9.79. The van der Waals surface area contributed by atoms with E-state index in [1.165, 1.54) is 13.0 Å². The van der Waals surface area contributed by atoms with Crippen molar-refractivity contribution in [3.63, 3.8) is 0 Å². The molecule has 0 bridgehead atoms. The largest absolute Gasteiger partial charge is 0.489 e. The molecule has 0 amide bonds. The van der Waals surface area contributed by atoms with Gasteiger partial charge in [-0.05, 0) is 36.5 Å². The molecule has 3 rings (SSSR count). The first-order chi connectivity index (χ1) is 14.2. The van der Waals surface area contributed by atoms with Gasteiger partial charge in [0.1, 0.15) is 23.2 Å². The predicted molar refractivity (Wildman–Crippen MR) is 107 cm³/mol. The number of aryl methyl sites for hydroxylation is 1. The summed E-state index contributed by atoms with van der Waals surface area (Å²) in [4.78, 5) is 11.7. The van der Waals surface area contributed by atoms with Crippen molar-refractivity contribution >= 4 is 29.2 Å². The first kappa shape index (κ1) is 22.6. The molecule has 0 spiro atoms. The third kappa shape index (κ3) is 6.19. The summed E-state index contributed by atoms with van der Waals surface area (Å²) in [5.74, 6) is 0.0226. The van der Waals surface area contributed by atoms with Gasteiger partial charge in [-0.15, -0.1) is 0 Å². The van der Waals surface area contributed by atoms with Crippen LogP contribution in [0.5, 0.6) is 11.5 Å². The fourth-order valence-corrected chi connectivity index (χ4v) is 3.71. The molecule has 0 saturated heterocycles. The number of ether oxygens (including phenoxy) is 3. The molecular formula is C21H22Cl2F2NO4+. The van der Waals surface area contributed by atoms with Gasteiger partial charge in [0.2, 0.25) is 0 Å². The lowest BCUT2D eigenvalue weighted by Crippen LogP contribution is -2.27. The summed E-state index contributed by atoms with van der Waals surface area (Å²) in [6, 6.07) is 4.49. The lowest BCUT2D eigenvalue weighted by Gasteiger charge is -2.20. The standard InChI is InChI=1S/C21H22Cl2F2NO4/c1-12(27)29-19(8-15-16(22)9-26(2)10-17(15)23)14-5-6-18(30-21(24)25)20(7-14)28-11-13-3-4-13/h5-7,9-10,13,19,21H,3-4,8,11H2,1-2H3/q+1. The number of carbonyl (C=O) groups excluding carboxylic acids is 1. The second-order valence-electron chi connectivity index (χ2n) is 7.24. The van der Waals surface area contributed by atoms with Crippen LogP contribution < -0.4 is 14.0 Å². The minimum absolute atomic E-state index is 0.0706. The number of alkyl halides is 2. The highest BCUT2D eigenvalue weighted by Gasteiger charge is 2.25. The van der Waals surface area contributed by atoms with Crippen molar-refractivity contribution in [1.82, 2.24) is 0 Å². The molecule has 0 N–H and O–H groups in total. The van der Waals surface area contributed by atoms with E-state index in [2.05, 4.69) is 4.74 Å². The summed E-state index contributed by atoms with van der Waals surface area (Å²) in [6.45, 7) is -1.28. The van der Waals surface area contributed by atoms with Crippen LogP contribution in [0.15, 0.2) is 30.6 Å². The first-order valence-corrected chi connectivity index (χ1v) is 10.2. The van der Waals surface area contributed by atoms with E-state index in [9.17, 15) is 13.6 Å². The summed E-state index contributed by atoms with van der Waals surface area (Å²) in [7, 11) is 1.79. The summed E-state index contributed by atoms with van der Waals surface area (Å²) < 4.78 is 43.0. The summed E-state index contributed by atoms with van der Waals surface area (Å²) in [5, 5.41) is 0.843. The highest BCUT2D eigenvalue weighted by Crippen LogP contribution is 2.37. The molecule has 1 aliphatic carbocycles. The third-order valence-corrected chi connectivity index (χ3v) is 5.29. The number of esters is 1. The zero-order chi connectivity index (χ0) is 21.8. The van der Waals surface area contributed by atoms with Gasteiger partial charge >= 0.3 is 12.6 Å². The van der Waals surface area contributed by atoms with E-state index < -0.39 is 18.7 Å². The number of halogens is 4. The molecule has 162 valence electrons. The number of nitrogens with zero attached hydrogens (tertiary/aromatic N) is 1. The number of carbonyl (C=O) groups is 1. The Balaban J connectivity index is 1.92. The van der Waals surface area contributed by atoms with Gasteiger partial charge in [0, 0.05) is 18.9 Å². The maximum absolute atomic E-state index is 12.8. The van der Waals surface area contributed by atoms with Gasteiger partial charge in [-0.3, -0.25) is 4.79 Å². The van der Waals surface area contributed by atoms with Crippen molar-refractivity contribution in [2.45, 2.75) is 38.9 Å². The topological polar surface area (TPSA) is 48.6 Å². The molecule has 30 heavy (non-hydrogen) atoms. The van der Waals surface area contributed by atoms with Crippen molar-refractivity contribution in [1.29, 1.82) is 0 Å². The molecule has 5 nitrogen and oxygen atoms in total. The molecular weight excluding hydrogens is 439 g/mol. The Kier molecular flexibility index (Phi) is 7.36. The van der Waals surface area contributed by atoms with Gasteiger partial charge in [-0.2, -0.15) is 8.78 Å². The summed E-state index contributed by atoms with van der Waals surface area (Å²) in [6.07, 6.45) is 4.94. The van der Waals surface area contributed by atoms with Crippen molar-refractivity contribution in [2.75, 3.05) is 6.61 Å². The summed E-state index contributed by atoms with van der Waals surface area (Å²) >= 11 is 12.7. The monoisotopic (exact) mass is 460 g/mol. The molecule has 2 aromatic rings. The zero-order valence-electron chi connectivity index (χ0n) is 16.5. The van der Waals surface area contributed by atoms with Crippen molar-refractivity contribution in [3.05, 3.63) is 51.8 Å². The normalized spacial score (nSPS) is 14.5. The average molecular weight is 461 g/mol. The number of hydrogen-bond donors (Lipinski definition) is 0. The molecule has 1 saturated carbocycles. The van der Waals surface area contributed by atoms with E-state index in [1.807, 2.05) is 0 Å². The Bertz CT molecular complexity index is 899. The van der Waals surface area contributed by atoms with Crippen LogP contribution >= 0.6 is 23.2 Å². The minimum atomic E-state index is -2.98. The third-order valence-electron chi connectivity index (χ3n) is 4.64. The Morgan fingerprint density at radius 2 is 1.87 bits per heavy atom. The van der Waals surface area contributed by atoms with E-state index >= 15 is 0 Å². The molecule has 1 aromatic carbocycles. The second-order valence-corrected chi connectivity index (χ2v) is 8.05. The molecule has 0 aliphatic heterocycles. The van der Waals surface area contributed by atoms with E-state index in [0.717, 1.165) is 12.8 Å². The van der Waals surface area contributed by atoms with Crippen LogP contribution in [0, 0.1) is 5.92 Å². The van der Waals surface area contributed by atoms with Crippen LogP contribution in [0.4, 0.5) is 8.78 Å². The lowest BCUT2D eigenvalue weighted by atomic mass is 10.0. The predicted octanol–water partition coefficient (Wildman–Crippen LogP) is 5.06. The van der Waals surface area contributed by atoms with Crippen molar-refractivity contribution < 1.29 is 32.4 Å². The quantitative estimate of drug-likeness (QED) is 0.387. The number of hydrogen-bond acceptors (Lipinski definition) is 4. The smallest absolute Gasteiger partial charge is 0.387 e. The van der Waals surface area contributed by atoms with Gasteiger partial charge in [0.25, 0.3) is 0 Å². The molecule has 1 aliphatic rings. The van der Waals surface area contributed by atoms with E-state index in [4.69, 9.17) is 32.7 Å². The highest BCUT2D eigenvalue weighted by atomic mass is 35.5. The van der Waals surface area contributed by atoms with Crippen molar-refractivity contribution in [2.24, 2.45) is 13.0 Å². The number of benzene rings is 1. The van der Waals surface area contributed by atoms with E-state index in [-0.39, 0.29) is 17.9 Å². The molecule has 1 heterocycles. The fraction of sp³-hybridized carbons (Fsp3) is 0.429. The molecule has 1 atom stereocenters. The van der Waals surface area contributed by atoms with Gasteiger partial charge < -0.3 is 14.2 Å². The van der Waals surface area contributed by atoms with Gasteiger partial charge in [0.15, 0.2) is 23.9 Å². The average Bonchev–Trinajstić information content (AvgIpc) is 3.46. The van der Waals surface area contributed by atoms with Crippen LogP contribution in [0.2, 0.25) is 10.0 Å². The lowest BCUT2D eigenvalue weighted by molar-refractivity contribution is -0.671. The highest BCUT2D eigenvalue weighted by molar-refractivity contribution is 6.35. The van der Waals surface area contributed by atoms with Gasteiger partial charge in [0.05, 0.1) is 6.61 Å². The van der Waals surface area contributed by atoms with E-state index in [0.29, 0.717) is 33.7 Å². The minimum Gasteiger partial charge on any atom is -0.489 e. The SMILES string of the molecule is CC(=O)OC(Cc1c(Cl)c[n+](C)cc1Cl)c1ccc(OC(F)F)c(OCC2CC2)c1. The zero-order valence-corrected chi connectivity index (χ0v) is 18.1. The van der Waals surface area contributed by atoms with Crippen molar-refractivity contribution in [3.8, 4) is 11.5 Å². The Labute approximate surface area is 183 Å². The number of rotatable bonds is 9. The van der Waals surface area contributed by atoms with E-state index in [1.54, 1.807) is 36.1 Å². The number of pyridine rings is 1. The summed E-state index contributed by atoms with van der Waals surface area (Å²) in [5.41, 5.74) is 1.16. The van der Waals surface area contributed by atoms with Gasteiger partial charge in [-0.25, -0.2) is 4.57 Å². The fourth-order valence-electron chi connectivity index (χ4n) is 3.00. The Morgan fingerprint density at radius 1 is 1.20 bits per heavy atom. The molecule has 0 radical (unpaired) electrons.